The molecule has 2 aromatic rings. The van der Waals surface area contributed by atoms with Crippen molar-refractivity contribution in [3.05, 3.63) is 65.2 Å². The fourth-order valence-electron chi connectivity index (χ4n) is 2.22. The Hall–Kier alpha value is -1.80. The quantitative estimate of drug-likeness (QED) is 0.891. The lowest BCUT2D eigenvalue weighted by Crippen LogP contribution is -2.15. The minimum Gasteiger partial charge on any atom is -0.496 e. The number of aryl methyl sites for hydroxylation is 1. The third-order valence-electron chi connectivity index (χ3n) is 3.22. The van der Waals surface area contributed by atoms with Crippen LogP contribution in [0.15, 0.2) is 48.5 Å². The van der Waals surface area contributed by atoms with Crippen LogP contribution < -0.4 is 10.5 Å². The van der Waals surface area contributed by atoms with Crippen molar-refractivity contribution in [2.75, 3.05) is 7.11 Å². The van der Waals surface area contributed by atoms with Crippen LogP contribution in [-0.4, -0.2) is 7.11 Å². The summed E-state index contributed by atoms with van der Waals surface area (Å²) in [6.07, 6.45) is 0.787. The molecule has 0 aliphatic heterocycles. The summed E-state index contributed by atoms with van der Waals surface area (Å²) in [6.45, 7) is 2.09. The van der Waals surface area contributed by atoms with Crippen molar-refractivity contribution >= 4 is 0 Å². The summed E-state index contributed by atoms with van der Waals surface area (Å²) >= 11 is 0. The molecule has 0 radical (unpaired) electrons. The highest BCUT2D eigenvalue weighted by molar-refractivity contribution is 5.36. The van der Waals surface area contributed by atoms with Crippen molar-refractivity contribution in [3.63, 3.8) is 0 Å². The molecule has 1 atom stereocenters. The molecular weight excluding hydrogens is 222 g/mol. The van der Waals surface area contributed by atoms with Crippen LogP contribution in [0.2, 0.25) is 0 Å². The van der Waals surface area contributed by atoms with Gasteiger partial charge in [0.05, 0.1) is 7.11 Å². The zero-order valence-electron chi connectivity index (χ0n) is 10.9. The predicted octanol–water partition coefficient (Wildman–Crippen LogP) is 3.25. The standard InChI is InChI=1S/C16H19NO/c1-12-7-3-5-9-14(12)15(17)11-13-8-4-6-10-16(13)18-2/h3-10,15H,11,17H2,1-2H3. The largest absolute Gasteiger partial charge is 0.496 e. The molecule has 2 aromatic carbocycles. The van der Waals surface area contributed by atoms with E-state index in [2.05, 4.69) is 25.1 Å². The van der Waals surface area contributed by atoms with Gasteiger partial charge >= 0.3 is 0 Å². The average molecular weight is 241 g/mol. The highest BCUT2D eigenvalue weighted by Crippen LogP contribution is 2.24. The van der Waals surface area contributed by atoms with E-state index in [1.807, 2.05) is 30.3 Å². The van der Waals surface area contributed by atoms with E-state index in [1.54, 1.807) is 7.11 Å². The summed E-state index contributed by atoms with van der Waals surface area (Å²) in [5, 5.41) is 0. The number of rotatable bonds is 4. The molecular formula is C16H19NO. The number of ether oxygens (including phenoxy) is 1. The second-order valence-corrected chi connectivity index (χ2v) is 4.48. The maximum Gasteiger partial charge on any atom is 0.122 e. The van der Waals surface area contributed by atoms with E-state index in [0.717, 1.165) is 17.7 Å². The van der Waals surface area contributed by atoms with Gasteiger partial charge < -0.3 is 10.5 Å². The molecule has 0 aliphatic carbocycles. The molecule has 0 saturated carbocycles. The fraction of sp³-hybridized carbons (Fsp3) is 0.250. The lowest BCUT2D eigenvalue weighted by molar-refractivity contribution is 0.408. The number of benzene rings is 2. The molecule has 0 aliphatic rings. The summed E-state index contributed by atoms with van der Waals surface area (Å²) in [5.41, 5.74) is 9.88. The third kappa shape index (κ3) is 2.71. The Morgan fingerprint density at radius 3 is 2.44 bits per heavy atom. The lowest BCUT2D eigenvalue weighted by Gasteiger charge is -2.16. The molecule has 2 heteroatoms. The van der Waals surface area contributed by atoms with E-state index >= 15 is 0 Å². The molecule has 2 N–H and O–H groups in total. The van der Waals surface area contributed by atoms with Gasteiger partial charge in [-0.3, -0.25) is 0 Å². The van der Waals surface area contributed by atoms with E-state index in [-0.39, 0.29) is 6.04 Å². The summed E-state index contributed by atoms with van der Waals surface area (Å²) in [4.78, 5) is 0. The van der Waals surface area contributed by atoms with Gasteiger partial charge in [-0.15, -0.1) is 0 Å². The average Bonchev–Trinajstić information content (AvgIpc) is 2.39. The topological polar surface area (TPSA) is 35.2 Å². The Morgan fingerprint density at radius 2 is 1.72 bits per heavy atom. The first kappa shape index (κ1) is 12.7. The van der Waals surface area contributed by atoms with Gasteiger partial charge in [0.25, 0.3) is 0 Å². The highest BCUT2D eigenvalue weighted by Gasteiger charge is 2.11. The maximum absolute atomic E-state index is 6.30. The first-order chi connectivity index (χ1) is 8.72. The highest BCUT2D eigenvalue weighted by atomic mass is 16.5. The smallest absolute Gasteiger partial charge is 0.122 e. The van der Waals surface area contributed by atoms with Crippen LogP contribution >= 0.6 is 0 Å². The Bertz CT molecular complexity index is 522. The maximum atomic E-state index is 6.30. The molecule has 2 nitrogen and oxygen atoms in total. The Balaban J connectivity index is 2.21. The van der Waals surface area contributed by atoms with Gasteiger partial charge in [0.15, 0.2) is 0 Å². The van der Waals surface area contributed by atoms with E-state index in [9.17, 15) is 0 Å². The van der Waals surface area contributed by atoms with Crippen LogP contribution in [0.5, 0.6) is 5.75 Å². The Kier molecular flexibility index (Phi) is 4.00. The molecule has 0 saturated heterocycles. The number of hydrogen-bond acceptors (Lipinski definition) is 2. The van der Waals surface area contributed by atoms with Crippen molar-refractivity contribution < 1.29 is 4.74 Å². The Labute approximate surface area is 108 Å². The van der Waals surface area contributed by atoms with Crippen LogP contribution in [-0.2, 0) is 6.42 Å². The van der Waals surface area contributed by atoms with Crippen molar-refractivity contribution in [3.8, 4) is 5.75 Å². The Morgan fingerprint density at radius 1 is 1.06 bits per heavy atom. The van der Waals surface area contributed by atoms with Crippen LogP contribution in [0.3, 0.4) is 0 Å². The van der Waals surface area contributed by atoms with Crippen LogP contribution in [0.1, 0.15) is 22.7 Å². The molecule has 0 spiro atoms. The van der Waals surface area contributed by atoms with Crippen molar-refractivity contribution in [2.24, 2.45) is 5.73 Å². The summed E-state index contributed by atoms with van der Waals surface area (Å²) in [7, 11) is 1.69. The van der Waals surface area contributed by atoms with Gasteiger partial charge in [0, 0.05) is 6.04 Å². The van der Waals surface area contributed by atoms with Crippen molar-refractivity contribution in [1.82, 2.24) is 0 Å². The molecule has 2 rings (SSSR count). The molecule has 0 fully saturated rings. The molecule has 1 unspecified atom stereocenters. The fourth-order valence-corrected chi connectivity index (χ4v) is 2.22. The van der Waals surface area contributed by atoms with Crippen LogP contribution in [0, 0.1) is 6.92 Å². The normalized spacial score (nSPS) is 12.2. The van der Waals surface area contributed by atoms with Gasteiger partial charge in [-0.1, -0.05) is 42.5 Å². The summed E-state index contributed by atoms with van der Waals surface area (Å²) < 4.78 is 5.36. The number of methoxy groups -OCH3 is 1. The van der Waals surface area contributed by atoms with Gasteiger partial charge in [0.1, 0.15) is 5.75 Å². The van der Waals surface area contributed by atoms with E-state index in [1.165, 1.54) is 11.1 Å². The van der Waals surface area contributed by atoms with E-state index in [0.29, 0.717) is 0 Å². The van der Waals surface area contributed by atoms with Gasteiger partial charge in [-0.25, -0.2) is 0 Å². The van der Waals surface area contributed by atoms with Crippen molar-refractivity contribution in [2.45, 2.75) is 19.4 Å². The minimum atomic E-state index is 0.00231. The molecule has 18 heavy (non-hydrogen) atoms. The second kappa shape index (κ2) is 5.69. The van der Waals surface area contributed by atoms with Crippen molar-refractivity contribution in [1.29, 1.82) is 0 Å². The monoisotopic (exact) mass is 241 g/mol. The molecule has 0 amide bonds. The van der Waals surface area contributed by atoms with Gasteiger partial charge in [-0.2, -0.15) is 0 Å². The molecule has 94 valence electrons. The minimum absolute atomic E-state index is 0.00231. The molecule has 0 aromatic heterocycles. The number of nitrogens with two attached hydrogens (primary N) is 1. The zero-order valence-corrected chi connectivity index (χ0v) is 10.9. The zero-order chi connectivity index (χ0) is 13.0. The van der Waals surface area contributed by atoms with E-state index < -0.39 is 0 Å². The van der Waals surface area contributed by atoms with Gasteiger partial charge in [0.2, 0.25) is 0 Å². The number of hydrogen-bond donors (Lipinski definition) is 1. The van der Waals surface area contributed by atoms with Gasteiger partial charge in [-0.05, 0) is 36.1 Å². The van der Waals surface area contributed by atoms with Crippen LogP contribution in [0.4, 0.5) is 0 Å². The first-order valence-corrected chi connectivity index (χ1v) is 6.15. The SMILES string of the molecule is COc1ccccc1CC(N)c1ccccc1C. The predicted molar refractivity (Wildman–Crippen MR) is 74.8 cm³/mol. The van der Waals surface area contributed by atoms with Crippen LogP contribution in [0.25, 0.3) is 0 Å². The third-order valence-corrected chi connectivity index (χ3v) is 3.22. The first-order valence-electron chi connectivity index (χ1n) is 6.15. The second-order valence-electron chi connectivity index (χ2n) is 4.48. The number of para-hydroxylation sites is 1. The van der Waals surface area contributed by atoms with E-state index in [4.69, 9.17) is 10.5 Å². The summed E-state index contributed by atoms with van der Waals surface area (Å²) in [6, 6.07) is 16.3. The molecule has 0 bridgehead atoms. The summed E-state index contributed by atoms with van der Waals surface area (Å²) in [5.74, 6) is 0.904. The lowest BCUT2D eigenvalue weighted by atomic mass is 9.96. The molecule has 0 heterocycles.